The third-order valence-electron chi connectivity index (χ3n) is 3.16. The topological polar surface area (TPSA) is 67.2 Å². The number of halogens is 2. The summed E-state index contributed by atoms with van der Waals surface area (Å²) in [5, 5.41) is 17.7. The number of hydrogen-bond donors (Lipinski definition) is 2. The SMILES string of the molecule is CC(C)n1ccc(C(=O)NC[C@H](O)c2c(Cl)cccc2Cl)n1. The molecule has 118 valence electrons. The number of carbonyl (C=O) groups excluding carboxylic acids is 1. The molecule has 5 nitrogen and oxygen atoms in total. The molecule has 1 heterocycles. The van der Waals surface area contributed by atoms with Crippen LogP contribution in [-0.4, -0.2) is 27.3 Å². The van der Waals surface area contributed by atoms with Gasteiger partial charge in [0.15, 0.2) is 0 Å². The van der Waals surface area contributed by atoms with Gasteiger partial charge in [0.05, 0.1) is 6.10 Å². The van der Waals surface area contributed by atoms with Crippen LogP contribution >= 0.6 is 23.2 Å². The molecule has 1 aromatic heterocycles. The summed E-state index contributed by atoms with van der Waals surface area (Å²) in [4.78, 5) is 12.0. The zero-order valence-corrected chi connectivity index (χ0v) is 13.8. The number of aliphatic hydroxyl groups excluding tert-OH is 1. The maximum absolute atomic E-state index is 12.0. The van der Waals surface area contributed by atoms with Crippen molar-refractivity contribution in [1.82, 2.24) is 15.1 Å². The van der Waals surface area contributed by atoms with E-state index in [0.717, 1.165) is 0 Å². The van der Waals surface area contributed by atoms with Crippen molar-refractivity contribution in [3.8, 4) is 0 Å². The Morgan fingerprint density at radius 2 is 1.95 bits per heavy atom. The van der Waals surface area contributed by atoms with Gasteiger partial charge in [0.1, 0.15) is 5.69 Å². The first-order valence-electron chi connectivity index (χ1n) is 6.85. The number of rotatable bonds is 5. The molecule has 0 aliphatic heterocycles. The minimum atomic E-state index is -0.989. The standard InChI is InChI=1S/C15H17Cl2N3O2/c1-9(2)20-7-6-12(19-20)15(22)18-8-13(21)14-10(16)4-3-5-11(14)17/h3-7,9,13,21H,8H2,1-2H3,(H,18,22)/t13-/m0/s1. The summed E-state index contributed by atoms with van der Waals surface area (Å²) in [6.45, 7) is 3.94. The summed E-state index contributed by atoms with van der Waals surface area (Å²) >= 11 is 12.0. The summed E-state index contributed by atoms with van der Waals surface area (Å²) in [6.07, 6.45) is 0.748. The molecule has 7 heteroatoms. The maximum atomic E-state index is 12.0. The predicted octanol–water partition coefficient (Wildman–Crippen LogP) is 3.23. The summed E-state index contributed by atoms with van der Waals surface area (Å²) in [7, 11) is 0. The van der Waals surface area contributed by atoms with E-state index in [1.807, 2.05) is 13.8 Å². The zero-order valence-electron chi connectivity index (χ0n) is 12.3. The van der Waals surface area contributed by atoms with Crippen LogP contribution in [0.4, 0.5) is 0 Å². The molecule has 2 aromatic rings. The number of benzene rings is 1. The van der Waals surface area contributed by atoms with Crippen LogP contribution in [0.25, 0.3) is 0 Å². The van der Waals surface area contributed by atoms with Gasteiger partial charge in [-0.25, -0.2) is 0 Å². The first-order valence-corrected chi connectivity index (χ1v) is 7.61. The molecule has 1 amide bonds. The Labute approximate surface area is 138 Å². The van der Waals surface area contributed by atoms with E-state index in [4.69, 9.17) is 23.2 Å². The fourth-order valence-corrected chi connectivity index (χ4v) is 2.61. The smallest absolute Gasteiger partial charge is 0.271 e. The van der Waals surface area contributed by atoms with Gasteiger partial charge in [-0.1, -0.05) is 29.3 Å². The fraction of sp³-hybridized carbons (Fsp3) is 0.333. The first-order chi connectivity index (χ1) is 10.4. The van der Waals surface area contributed by atoms with Crippen LogP contribution < -0.4 is 5.32 Å². The highest BCUT2D eigenvalue weighted by atomic mass is 35.5. The van der Waals surface area contributed by atoms with Gasteiger partial charge in [0.25, 0.3) is 5.91 Å². The average Bonchev–Trinajstić information content (AvgIpc) is 2.94. The number of nitrogens with zero attached hydrogens (tertiary/aromatic N) is 2. The minimum Gasteiger partial charge on any atom is -0.386 e. The first kappa shape index (κ1) is 16.8. The maximum Gasteiger partial charge on any atom is 0.271 e. The van der Waals surface area contributed by atoms with Crippen LogP contribution in [0.5, 0.6) is 0 Å². The molecular formula is C15H17Cl2N3O2. The van der Waals surface area contributed by atoms with Gasteiger partial charge in [0, 0.05) is 34.4 Å². The highest BCUT2D eigenvalue weighted by molar-refractivity contribution is 6.36. The van der Waals surface area contributed by atoms with E-state index in [-0.39, 0.29) is 18.5 Å². The van der Waals surface area contributed by atoms with Crippen LogP contribution in [0.3, 0.4) is 0 Å². The van der Waals surface area contributed by atoms with Crippen molar-refractivity contribution in [2.45, 2.75) is 26.0 Å². The van der Waals surface area contributed by atoms with E-state index in [9.17, 15) is 9.90 Å². The van der Waals surface area contributed by atoms with Crippen molar-refractivity contribution in [2.24, 2.45) is 0 Å². The Kier molecular flexibility index (Phi) is 5.45. The van der Waals surface area contributed by atoms with Crippen LogP contribution in [-0.2, 0) is 0 Å². The number of nitrogens with one attached hydrogen (secondary N) is 1. The van der Waals surface area contributed by atoms with Crippen LogP contribution in [0.15, 0.2) is 30.5 Å². The summed E-state index contributed by atoms with van der Waals surface area (Å²) in [6, 6.07) is 6.77. The lowest BCUT2D eigenvalue weighted by Gasteiger charge is -2.14. The largest absolute Gasteiger partial charge is 0.386 e. The molecule has 0 saturated heterocycles. The molecule has 2 N–H and O–H groups in total. The monoisotopic (exact) mass is 341 g/mol. The van der Waals surface area contributed by atoms with Gasteiger partial charge in [-0.2, -0.15) is 5.10 Å². The molecule has 1 aromatic carbocycles. The van der Waals surface area contributed by atoms with Crippen molar-refractivity contribution < 1.29 is 9.90 Å². The van der Waals surface area contributed by atoms with Gasteiger partial charge >= 0.3 is 0 Å². The Morgan fingerprint density at radius 3 is 2.50 bits per heavy atom. The van der Waals surface area contributed by atoms with E-state index in [0.29, 0.717) is 21.3 Å². The number of carbonyl (C=O) groups is 1. The fourth-order valence-electron chi connectivity index (χ4n) is 1.96. The molecule has 0 aliphatic carbocycles. The van der Waals surface area contributed by atoms with Crippen LogP contribution in [0.1, 0.15) is 42.0 Å². The quantitative estimate of drug-likeness (QED) is 0.877. The van der Waals surface area contributed by atoms with Crippen LogP contribution in [0, 0.1) is 0 Å². The summed E-state index contributed by atoms with van der Waals surface area (Å²) < 4.78 is 1.69. The van der Waals surface area contributed by atoms with E-state index in [2.05, 4.69) is 10.4 Å². The molecule has 22 heavy (non-hydrogen) atoms. The lowest BCUT2D eigenvalue weighted by Crippen LogP contribution is -2.29. The van der Waals surface area contributed by atoms with Crippen molar-refractivity contribution in [1.29, 1.82) is 0 Å². The molecule has 0 unspecified atom stereocenters. The van der Waals surface area contributed by atoms with Crippen molar-refractivity contribution in [3.63, 3.8) is 0 Å². The van der Waals surface area contributed by atoms with E-state index in [1.165, 1.54) is 0 Å². The second kappa shape index (κ2) is 7.13. The van der Waals surface area contributed by atoms with Gasteiger partial charge in [-0.05, 0) is 32.0 Å². The number of hydrogen-bond acceptors (Lipinski definition) is 3. The molecule has 0 saturated carbocycles. The predicted molar refractivity (Wildman–Crippen MR) is 86.4 cm³/mol. The highest BCUT2D eigenvalue weighted by Gasteiger charge is 2.17. The van der Waals surface area contributed by atoms with E-state index < -0.39 is 6.10 Å². The van der Waals surface area contributed by atoms with Crippen molar-refractivity contribution in [3.05, 3.63) is 51.8 Å². The van der Waals surface area contributed by atoms with Crippen molar-refractivity contribution in [2.75, 3.05) is 6.54 Å². The molecule has 0 radical (unpaired) electrons. The number of amides is 1. The van der Waals surface area contributed by atoms with Crippen molar-refractivity contribution >= 4 is 29.1 Å². The van der Waals surface area contributed by atoms with Gasteiger partial charge in [-0.3, -0.25) is 9.48 Å². The highest BCUT2D eigenvalue weighted by Crippen LogP contribution is 2.29. The number of aromatic nitrogens is 2. The van der Waals surface area contributed by atoms with Crippen LogP contribution in [0.2, 0.25) is 10.0 Å². The lowest BCUT2D eigenvalue weighted by molar-refractivity contribution is 0.0910. The summed E-state index contributed by atoms with van der Waals surface area (Å²) in [5.41, 5.74) is 0.699. The zero-order chi connectivity index (χ0) is 16.3. The normalized spacial score (nSPS) is 12.5. The molecule has 0 aliphatic rings. The minimum absolute atomic E-state index is 0.00315. The number of aliphatic hydroxyl groups is 1. The Bertz CT molecular complexity index is 650. The second-order valence-corrected chi connectivity index (χ2v) is 5.95. The Balaban J connectivity index is 2.01. The van der Waals surface area contributed by atoms with Gasteiger partial charge < -0.3 is 10.4 Å². The molecule has 1 atom stereocenters. The molecule has 2 rings (SSSR count). The lowest BCUT2D eigenvalue weighted by atomic mass is 10.1. The third kappa shape index (κ3) is 3.80. The molecule has 0 spiro atoms. The van der Waals surface area contributed by atoms with E-state index >= 15 is 0 Å². The van der Waals surface area contributed by atoms with Gasteiger partial charge in [-0.15, -0.1) is 0 Å². The second-order valence-electron chi connectivity index (χ2n) is 5.14. The summed E-state index contributed by atoms with van der Waals surface area (Å²) in [5.74, 6) is -0.360. The average molecular weight is 342 g/mol. The molecular weight excluding hydrogens is 325 g/mol. The molecule has 0 bridgehead atoms. The molecule has 0 fully saturated rings. The Hall–Kier alpha value is -1.56. The van der Waals surface area contributed by atoms with Gasteiger partial charge in [0.2, 0.25) is 0 Å². The third-order valence-corrected chi connectivity index (χ3v) is 3.82. The van der Waals surface area contributed by atoms with E-state index in [1.54, 1.807) is 35.1 Å². The Morgan fingerprint density at radius 1 is 1.32 bits per heavy atom.